The highest BCUT2D eigenvalue weighted by molar-refractivity contribution is 6.30. The number of benzene rings is 2. The zero-order valence-electron chi connectivity index (χ0n) is 16.9. The standard InChI is InChI=1S/C10H13Cl.C9H11F.2C2H6/c1-2-3-4-9-5-7-10(11)8-6-9;1-2-3-8-4-6-9(10)7-5-8;2*1-2/h5-8H,2-4H2,1H3;4-7H,2-3H2,1H3;2*1-2H3. The highest BCUT2D eigenvalue weighted by atomic mass is 35.5. The molecule has 0 nitrogen and oxygen atoms in total. The lowest BCUT2D eigenvalue weighted by atomic mass is 10.1. The molecule has 0 aliphatic heterocycles. The fraction of sp³-hybridized carbons (Fsp3) is 0.478. The Balaban J connectivity index is 0. The number of aryl methyl sites for hydroxylation is 2. The average molecular weight is 367 g/mol. The molecular formula is C23H36ClF. The van der Waals surface area contributed by atoms with Gasteiger partial charge in [-0.15, -0.1) is 0 Å². The monoisotopic (exact) mass is 366 g/mol. The molecule has 2 rings (SSSR count). The van der Waals surface area contributed by atoms with Crippen molar-refractivity contribution in [2.75, 3.05) is 0 Å². The number of unbranched alkanes of at least 4 members (excludes halogenated alkanes) is 1. The summed E-state index contributed by atoms with van der Waals surface area (Å²) in [4.78, 5) is 0. The molecule has 2 heteroatoms. The molecule has 0 unspecified atom stereocenters. The van der Waals surface area contributed by atoms with Gasteiger partial charge in [0, 0.05) is 5.02 Å². The number of rotatable bonds is 5. The molecular weight excluding hydrogens is 331 g/mol. The van der Waals surface area contributed by atoms with Gasteiger partial charge in [0.25, 0.3) is 0 Å². The molecule has 0 saturated carbocycles. The smallest absolute Gasteiger partial charge is 0.123 e. The third kappa shape index (κ3) is 14.7. The van der Waals surface area contributed by atoms with Crippen molar-refractivity contribution in [2.45, 2.75) is 73.6 Å². The van der Waals surface area contributed by atoms with E-state index in [-0.39, 0.29) is 5.82 Å². The van der Waals surface area contributed by atoms with Crippen molar-refractivity contribution in [1.29, 1.82) is 0 Å². The SMILES string of the molecule is CC.CC.CCCCc1ccc(Cl)cc1.CCCc1ccc(F)cc1. The predicted molar refractivity (Wildman–Crippen MR) is 113 cm³/mol. The van der Waals surface area contributed by atoms with E-state index in [2.05, 4.69) is 26.0 Å². The lowest BCUT2D eigenvalue weighted by Gasteiger charge is -1.98. The van der Waals surface area contributed by atoms with Crippen molar-refractivity contribution in [3.8, 4) is 0 Å². The van der Waals surface area contributed by atoms with Crippen LogP contribution in [-0.2, 0) is 12.8 Å². The Morgan fingerprint density at radius 3 is 1.56 bits per heavy atom. The molecule has 0 aliphatic rings. The summed E-state index contributed by atoms with van der Waals surface area (Å²) in [5.74, 6) is -0.153. The third-order valence-electron chi connectivity index (χ3n) is 3.18. The van der Waals surface area contributed by atoms with Crippen LogP contribution in [0.15, 0.2) is 48.5 Å². The summed E-state index contributed by atoms with van der Waals surface area (Å²) in [5.41, 5.74) is 2.60. The summed E-state index contributed by atoms with van der Waals surface area (Å²) in [6.45, 7) is 12.3. The van der Waals surface area contributed by atoms with E-state index in [1.54, 1.807) is 0 Å². The fourth-order valence-corrected chi connectivity index (χ4v) is 2.10. The minimum absolute atomic E-state index is 0.153. The number of hydrogen-bond donors (Lipinski definition) is 0. The van der Waals surface area contributed by atoms with Crippen LogP contribution in [0, 0.1) is 5.82 Å². The zero-order chi connectivity index (χ0) is 19.5. The molecule has 0 N–H and O–H groups in total. The van der Waals surface area contributed by atoms with Gasteiger partial charge in [0.15, 0.2) is 0 Å². The Morgan fingerprint density at radius 2 is 1.12 bits per heavy atom. The van der Waals surface area contributed by atoms with Gasteiger partial charge in [0.05, 0.1) is 0 Å². The lowest BCUT2D eigenvalue weighted by Crippen LogP contribution is -1.82. The summed E-state index contributed by atoms with van der Waals surface area (Å²) < 4.78 is 12.3. The molecule has 0 heterocycles. The molecule has 2 aromatic carbocycles. The first-order valence-electron chi connectivity index (χ1n) is 9.64. The minimum atomic E-state index is -0.153. The fourth-order valence-electron chi connectivity index (χ4n) is 1.97. The first-order chi connectivity index (χ1) is 12.2. The van der Waals surface area contributed by atoms with Gasteiger partial charge in [0.2, 0.25) is 0 Å². The van der Waals surface area contributed by atoms with Crippen LogP contribution in [-0.4, -0.2) is 0 Å². The summed E-state index contributed by atoms with van der Waals surface area (Å²) in [6, 6.07) is 14.8. The van der Waals surface area contributed by atoms with E-state index in [1.807, 2.05) is 52.0 Å². The highest BCUT2D eigenvalue weighted by Crippen LogP contribution is 2.11. The van der Waals surface area contributed by atoms with Gasteiger partial charge >= 0.3 is 0 Å². The molecule has 0 fully saturated rings. The number of hydrogen-bond acceptors (Lipinski definition) is 0. The molecule has 0 radical (unpaired) electrons. The summed E-state index contributed by atoms with van der Waals surface area (Å²) in [5, 5.41) is 0.824. The van der Waals surface area contributed by atoms with Gasteiger partial charge in [-0.2, -0.15) is 0 Å². The molecule has 25 heavy (non-hydrogen) atoms. The van der Waals surface area contributed by atoms with E-state index in [9.17, 15) is 4.39 Å². The third-order valence-corrected chi connectivity index (χ3v) is 3.44. The molecule has 0 amide bonds. The molecule has 0 bridgehead atoms. The average Bonchev–Trinajstić information content (AvgIpc) is 2.67. The molecule has 0 spiro atoms. The maximum absolute atomic E-state index is 12.3. The molecule has 2 aromatic rings. The second-order valence-corrected chi connectivity index (χ2v) is 5.54. The summed E-state index contributed by atoms with van der Waals surface area (Å²) in [6.07, 6.45) is 5.85. The van der Waals surface area contributed by atoms with E-state index < -0.39 is 0 Å². The van der Waals surface area contributed by atoms with E-state index in [0.29, 0.717) is 0 Å². The van der Waals surface area contributed by atoms with Crippen LogP contribution in [0.5, 0.6) is 0 Å². The lowest BCUT2D eigenvalue weighted by molar-refractivity contribution is 0.627. The van der Waals surface area contributed by atoms with Crippen LogP contribution in [0.1, 0.15) is 71.9 Å². The van der Waals surface area contributed by atoms with Gasteiger partial charge < -0.3 is 0 Å². The van der Waals surface area contributed by atoms with Crippen molar-refractivity contribution in [1.82, 2.24) is 0 Å². The molecule has 0 saturated heterocycles. The van der Waals surface area contributed by atoms with Crippen molar-refractivity contribution in [2.24, 2.45) is 0 Å². The maximum Gasteiger partial charge on any atom is 0.123 e. The van der Waals surface area contributed by atoms with Crippen LogP contribution in [0.25, 0.3) is 0 Å². The van der Waals surface area contributed by atoms with Crippen LogP contribution in [0.3, 0.4) is 0 Å². The highest BCUT2D eigenvalue weighted by Gasteiger charge is 1.91. The second kappa shape index (κ2) is 19.0. The van der Waals surface area contributed by atoms with E-state index in [0.717, 1.165) is 17.9 Å². The molecule has 0 aromatic heterocycles. The van der Waals surface area contributed by atoms with Gasteiger partial charge in [0.1, 0.15) is 5.82 Å². The first kappa shape index (κ1) is 25.9. The normalized spacial score (nSPS) is 8.80. The van der Waals surface area contributed by atoms with Crippen molar-refractivity contribution in [3.05, 3.63) is 70.5 Å². The van der Waals surface area contributed by atoms with Crippen LogP contribution in [0.2, 0.25) is 5.02 Å². The van der Waals surface area contributed by atoms with Crippen molar-refractivity contribution < 1.29 is 4.39 Å². The molecule has 142 valence electrons. The molecule has 0 atom stereocenters. The second-order valence-electron chi connectivity index (χ2n) is 5.11. The van der Waals surface area contributed by atoms with Gasteiger partial charge in [-0.1, -0.05) is 90.3 Å². The van der Waals surface area contributed by atoms with E-state index >= 15 is 0 Å². The topological polar surface area (TPSA) is 0 Å². The Morgan fingerprint density at radius 1 is 0.680 bits per heavy atom. The Bertz CT molecular complexity index is 489. The Kier molecular flexibility index (Phi) is 19.7. The minimum Gasteiger partial charge on any atom is -0.207 e. The summed E-state index contributed by atoms with van der Waals surface area (Å²) in [7, 11) is 0. The summed E-state index contributed by atoms with van der Waals surface area (Å²) >= 11 is 5.75. The quantitative estimate of drug-likeness (QED) is 0.497. The Hall–Kier alpha value is -1.34. The van der Waals surface area contributed by atoms with Crippen LogP contribution >= 0.6 is 11.6 Å². The zero-order valence-corrected chi connectivity index (χ0v) is 17.7. The number of halogens is 2. The maximum atomic E-state index is 12.3. The molecule has 0 aliphatic carbocycles. The van der Waals surface area contributed by atoms with Gasteiger partial charge in [-0.25, -0.2) is 4.39 Å². The van der Waals surface area contributed by atoms with Crippen molar-refractivity contribution >= 4 is 11.6 Å². The van der Waals surface area contributed by atoms with E-state index in [4.69, 9.17) is 11.6 Å². The van der Waals surface area contributed by atoms with Gasteiger partial charge in [-0.05, 0) is 54.7 Å². The largest absolute Gasteiger partial charge is 0.207 e. The van der Waals surface area contributed by atoms with Crippen LogP contribution in [0.4, 0.5) is 4.39 Å². The van der Waals surface area contributed by atoms with Crippen LogP contribution < -0.4 is 0 Å². The van der Waals surface area contributed by atoms with Crippen molar-refractivity contribution in [3.63, 3.8) is 0 Å². The van der Waals surface area contributed by atoms with E-state index in [1.165, 1.54) is 42.5 Å². The first-order valence-corrected chi connectivity index (χ1v) is 10.0. The Labute approximate surface area is 160 Å². The van der Waals surface area contributed by atoms with Gasteiger partial charge in [-0.3, -0.25) is 0 Å². The predicted octanol–water partition coefficient (Wildman–Crippen LogP) is 8.51.